The van der Waals surface area contributed by atoms with Gasteiger partial charge in [-0.2, -0.15) is 0 Å². The van der Waals surface area contributed by atoms with Crippen molar-refractivity contribution in [1.29, 1.82) is 0 Å². The molecule has 1 aromatic carbocycles. The fourth-order valence-corrected chi connectivity index (χ4v) is 1.18. The molecule has 0 radical (unpaired) electrons. The van der Waals surface area contributed by atoms with E-state index in [1.807, 2.05) is 12.1 Å². The molecule has 0 aromatic heterocycles. The molecule has 1 fully saturated rings. The second-order valence-corrected chi connectivity index (χ2v) is 2.93. The van der Waals surface area contributed by atoms with Gasteiger partial charge in [0, 0.05) is 18.7 Å². The van der Waals surface area contributed by atoms with Crippen molar-refractivity contribution in [3.05, 3.63) is 41.2 Å². The standard InChI is InChI=1S/C10H10FN.ClH/c11-10-4-2-1-3-9(10)5-8-6-12-7-8;/h1-5,12H,6-7H2;1H. The highest BCUT2D eigenvalue weighted by Crippen LogP contribution is 2.12. The van der Waals surface area contributed by atoms with Gasteiger partial charge in [0.2, 0.25) is 0 Å². The van der Waals surface area contributed by atoms with Gasteiger partial charge in [-0.15, -0.1) is 12.4 Å². The number of rotatable bonds is 1. The van der Waals surface area contributed by atoms with Crippen LogP contribution in [0, 0.1) is 5.82 Å². The molecule has 0 bridgehead atoms. The Morgan fingerprint density at radius 2 is 1.92 bits per heavy atom. The molecule has 0 amide bonds. The summed E-state index contributed by atoms with van der Waals surface area (Å²) in [4.78, 5) is 0. The molecule has 1 aliphatic heterocycles. The van der Waals surface area contributed by atoms with Gasteiger partial charge < -0.3 is 5.32 Å². The SMILES string of the molecule is Cl.Fc1ccccc1C=C1CNC1. The summed E-state index contributed by atoms with van der Waals surface area (Å²) in [6.07, 6.45) is 1.91. The van der Waals surface area contributed by atoms with Crippen molar-refractivity contribution in [3.63, 3.8) is 0 Å². The number of halogens is 2. The Labute approximate surface area is 83.1 Å². The Hall–Kier alpha value is -0.860. The lowest BCUT2D eigenvalue weighted by Crippen LogP contribution is -2.33. The van der Waals surface area contributed by atoms with E-state index in [2.05, 4.69) is 5.32 Å². The first-order chi connectivity index (χ1) is 5.86. The van der Waals surface area contributed by atoms with Crippen LogP contribution in [0.25, 0.3) is 6.08 Å². The molecule has 13 heavy (non-hydrogen) atoms. The molecular weight excluding hydrogens is 189 g/mol. The molecule has 1 aliphatic rings. The van der Waals surface area contributed by atoms with Crippen molar-refractivity contribution in [3.8, 4) is 0 Å². The second-order valence-electron chi connectivity index (χ2n) is 2.93. The monoisotopic (exact) mass is 199 g/mol. The fourth-order valence-electron chi connectivity index (χ4n) is 1.18. The number of nitrogens with one attached hydrogen (secondary N) is 1. The number of benzene rings is 1. The maximum atomic E-state index is 13.0. The second kappa shape index (κ2) is 4.40. The molecule has 1 saturated heterocycles. The van der Waals surface area contributed by atoms with Gasteiger partial charge in [0.05, 0.1) is 0 Å². The third-order valence-electron chi connectivity index (χ3n) is 1.97. The van der Waals surface area contributed by atoms with Gasteiger partial charge in [-0.1, -0.05) is 24.3 Å². The van der Waals surface area contributed by atoms with Crippen LogP contribution >= 0.6 is 12.4 Å². The molecule has 0 atom stereocenters. The predicted molar refractivity (Wildman–Crippen MR) is 54.5 cm³/mol. The Bertz CT molecular complexity index is 316. The average molecular weight is 200 g/mol. The molecule has 2 rings (SSSR count). The first-order valence-corrected chi connectivity index (χ1v) is 4.01. The molecule has 0 saturated carbocycles. The van der Waals surface area contributed by atoms with E-state index in [1.54, 1.807) is 12.1 Å². The van der Waals surface area contributed by atoms with Crippen LogP contribution in [0.4, 0.5) is 4.39 Å². The quantitative estimate of drug-likeness (QED) is 0.732. The fraction of sp³-hybridized carbons (Fsp3) is 0.200. The summed E-state index contributed by atoms with van der Waals surface area (Å²) in [7, 11) is 0. The molecule has 3 heteroatoms. The van der Waals surface area contributed by atoms with E-state index in [-0.39, 0.29) is 18.2 Å². The molecule has 0 unspecified atom stereocenters. The molecular formula is C10H11ClFN. The van der Waals surface area contributed by atoms with Crippen molar-refractivity contribution in [2.45, 2.75) is 0 Å². The minimum absolute atomic E-state index is 0. The van der Waals surface area contributed by atoms with Crippen molar-refractivity contribution in [1.82, 2.24) is 5.32 Å². The zero-order valence-corrected chi connectivity index (χ0v) is 7.90. The Kier molecular flexibility index (Phi) is 3.46. The summed E-state index contributed by atoms with van der Waals surface area (Å²) < 4.78 is 13.0. The summed E-state index contributed by atoms with van der Waals surface area (Å²) >= 11 is 0. The average Bonchev–Trinajstić information content (AvgIpc) is 2.00. The van der Waals surface area contributed by atoms with E-state index in [9.17, 15) is 4.39 Å². The van der Waals surface area contributed by atoms with Gasteiger partial charge in [-0.25, -0.2) is 4.39 Å². The van der Waals surface area contributed by atoms with E-state index in [1.165, 1.54) is 11.6 Å². The molecule has 0 aliphatic carbocycles. The van der Waals surface area contributed by atoms with Crippen molar-refractivity contribution in [2.24, 2.45) is 0 Å². The van der Waals surface area contributed by atoms with E-state index >= 15 is 0 Å². The minimum atomic E-state index is -0.142. The molecule has 0 spiro atoms. The zero-order valence-electron chi connectivity index (χ0n) is 7.09. The highest BCUT2D eigenvalue weighted by Gasteiger charge is 2.07. The van der Waals surface area contributed by atoms with E-state index in [0.29, 0.717) is 5.56 Å². The third-order valence-corrected chi connectivity index (χ3v) is 1.97. The van der Waals surface area contributed by atoms with Crippen LogP contribution in [0.1, 0.15) is 5.56 Å². The van der Waals surface area contributed by atoms with Crippen LogP contribution < -0.4 is 5.32 Å². The summed E-state index contributed by atoms with van der Waals surface area (Å²) in [6, 6.07) is 6.83. The molecule has 1 nitrogen and oxygen atoms in total. The van der Waals surface area contributed by atoms with Gasteiger partial charge in [-0.05, 0) is 11.6 Å². The lowest BCUT2D eigenvalue weighted by Gasteiger charge is -2.18. The van der Waals surface area contributed by atoms with Crippen LogP contribution in [-0.4, -0.2) is 13.1 Å². The van der Waals surface area contributed by atoms with Crippen molar-refractivity contribution < 1.29 is 4.39 Å². The van der Waals surface area contributed by atoms with E-state index in [0.717, 1.165) is 13.1 Å². The first-order valence-electron chi connectivity index (χ1n) is 4.01. The van der Waals surface area contributed by atoms with Gasteiger partial charge in [0.1, 0.15) is 5.82 Å². The van der Waals surface area contributed by atoms with Gasteiger partial charge in [-0.3, -0.25) is 0 Å². The van der Waals surface area contributed by atoms with Crippen LogP contribution in [-0.2, 0) is 0 Å². The smallest absolute Gasteiger partial charge is 0.130 e. The maximum absolute atomic E-state index is 13.0. The van der Waals surface area contributed by atoms with Crippen molar-refractivity contribution in [2.75, 3.05) is 13.1 Å². The van der Waals surface area contributed by atoms with Gasteiger partial charge in [0.25, 0.3) is 0 Å². The van der Waals surface area contributed by atoms with Crippen molar-refractivity contribution >= 4 is 18.5 Å². The van der Waals surface area contributed by atoms with Crippen LogP contribution in [0.5, 0.6) is 0 Å². The molecule has 70 valence electrons. The predicted octanol–water partition coefficient (Wildman–Crippen LogP) is 2.23. The normalized spacial score (nSPS) is 14.4. The third kappa shape index (κ3) is 2.29. The largest absolute Gasteiger partial charge is 0.309 e. The van der Waals surface area contributed by atoms with Crippen LogP contribution in [0.3, 0.4) is 0 Å². The summed E-state index contributed by atoms with van der Waals surface area (Å²) in [5.41, 5.74) is 1.95. The molecule has 1 heterocycles. The number of hydrogen-bond donors (Lipinski definition) is 1. The summed E-state index contributed by atoms with van der Waals surface area (Å²) in [5, 5.41) is 3.11. The topological polar surface area (TPSA) is 12.0 Å². The van der Waals surface area contributed by atoms with Crippen LogP contribution in [0.2, 0.25) is 0 Å². The Balaban J connectivity index is 0.000000845. The first kappa shape index (κ1) is 10.2. The summed E-state index contributed by atoms with van der Waals surface area (Å²) in [6.45, 7) is 1.79. The molecule has 1 aromatic rings. The van der Waals surface area contributed by atoms with E-state index in [4.69, 9.17) is 0 Å². The lowest BCUT2D eigenvalue weighted by molar-refractivity contribution is 0.623. The lowest BCUT2D eigenvalue weighted by atomic mass is 10.1. The Morgan fingerprint density at radius 1 is 1.23 bits per heavy atom. The highest BCUT2D eigenvalue weighted by molar-refractivity contribution is 5.85. The van der Waals surface area contributed by atoms with Crippen LogP contribution in [0.15, 0.2) is 29.8 Å². The maximum Gasteiger partial charge on any atom is 0.130 e. The number of hydrogen-bond acceptors (Lipinski definition) is 1. The van der Waals surface area contributed by atoms with E-state index < -0.39 is 0 Å². The zero-order chi connectivity index (χ0) is 8.39. The Morgan fingerprint density at radius 3 is 2.46 bits per heavy atom. The van der Waals surface area contributed by atoms with Gasteiger partial charge >= 0.3 is 0 Å². The minimum Gasteiger partial charge on any atom is -0.309 e. The highest BCUT2D eigenvalue weighted by atomic mass is 35.5. The van der Waals surface area contributed by atoms with Gasteiger partial charge in [0.15, 0.2) is 0 Å². The molecule has 1 N–H and O–H groups in total. The summed E-state index contributed by atoms with van der Waals surface area (Å²) in [5.74, 6) is -0.142.